The smallest absolute Gasteiger partial charge is 0.0162 e. The van der Waals surface area contributed by atoms with Gasteiger partial charge in [-0.2, -0.15) is 0 Å². The van der Waals surface area contributed by atoms with Crippen LogP contribution in [-0.4, -0.2) is 0 Å². The van der Waals surface area contributed by atoms with Gasteiger partial charge in [-0.05, 0) is 48.5 Å². The molecular weight excluding hydrogens is 180 g/mol. The molecule has 1 atom stereocenters. The molecule has 3 rings (SSSR count). The molecule has 15 heavy (non-hydrogen) atoms. The standard InChI is InChI=1S/C15H20/c1-12(13-6-3-2-4-7-13)14-10-15(11-14)8-5-9-15/h2-4,6-7,12,14H,5,8-11H2,1H3. The molecule has 0 N–H and O–H groups in total. The molecule has 2 saturated carbocycles. The molecule has 2 aliphatic carbocycles. The second-order valence-electron chi connectivity index (χ2n) is 5.72. The van der Waals surface area contributed by atoms with Gasteiger partial charge in [-0.15, -0.1) is 0 Å². The fraction of sp³-hybridized carbons (Fsp3) is 0.600. The van der Waals surface area contributed by atoms with Gasteiger partial charge in [0.25, 0.3) is 0 Å². The van der Waals surface area contributed by atoms with Gasteiger partial charge in [0, 0.05) is 0 Å². The second-order valence-corrected chi connectivity index (χ2v) is 5.72. The minimum atomic E-state index is 0.775. The van der Waals surface area contributed by atoms with Crippen LogP contribution < -0.4 is 0 Å². The topological polar surface area (TPSA) is 0 Å². The van der Waals surface area contributed by atoms with E-state index < -0.39 is 0 Å². The van der Waals surface area contributed by atoms with Gasteiger partial charge in [-0.1, -0.05) is 43.7 Å². The van der Waals surface area contributed by atoms with Crippen molar-refractivity contribution in [2.24, 2.45) is 11.3 Å². The molecule has 0 nitrogen and oxygen atoms in total. The van der Waals surface area contributed by atoms with Gasteiger partial charge in [0.05, 0.1) is 0 Å². The maximum absolute atomic E-state index is 2.41. The van der Waals surface area contributed by atoms with Gasteiger partial charge in [-0.3, -0.25) is 0 Å². The van der Waals surface area contributed by atoms with E-state index in [1.54, 1.807) is 0 Å². The Morgan fingerprint density at radius 3 is 2.33 bits per heavy atom. The monoisotopic (exact) mass is 200 g/mol. The first kappa shape index (κ1) is 9.45. The lowest BCUT2D eigenvalue weighted by atomic mass is 9.49. The Hall–Kier alpha value is -0.780. The predicted molar refractivity (Wildman–Crippen MR) is 63.9 cm³/mol. The molecule has 0 heterocycles. The van der Waals surface area contributed by atoms with Crippen molar-refractivity contribution in [2.45, 2.75) is 44.9 Å². The first-order valence-corrected chi connectivity index (χ1v) is 6.34. The van der Waals surface area contributed by atoms with Crippen molar-refractivity contribution in [1.29, 1.82) is 0 Å². The summed E-state index contributed by atoms with van der Waals surface area (Å²) in [7, 11) is 0. The van der Waals surface area contributed by atoms with E-state index in [0.717, 1.165) is 17.3 Å². The summed E-state index contributed by atoms with van der Waals surface area (Å²) in [6.07, 6.45) is 7.54. The molecule has 0 radical (unpaired) electrons. The van der Waals surface area contributed by atoms with Crippen molar-refractivity contribution in [3.63, 3.8) is 0 Å². The van der Waals surface area contributed by atoms with E-state index in [9.17, 15) is 0 Å². The zero-order valence-electron chi connectivity index (χ0n) is 9.58. The van der Waals surface area contributed by atoms with Crippen molar-refractivity contribution in [2.75, 3.05) is 0 Å². The Bertz CT molecular complexity index is 326. The third kappa shape index (κ3) is 1.51. The highest BCUT2D eigenvalue weighted by Crippen LogP contribution is 2.61. The maximum atomic E-state index is 2.41. The third-order valence-corrected chi connectivity index (χ3v) is 4.84. The molecule has 1 aromatic carbocycles. The average molecular weight is 200 g/mol. The molecule has 1 unspecified atom stereocenters. The lowest BCUT2D eigenvalue weighted by Gasteiger charge is -2.56. The van der Waals surface area contributed by atoms with Crippen molar-refractivity contribution in [1.82, 2.24) is 0 Å². The van der Waals surface area contributed by atoms with E-state index in [2.05, 4.69) is 37.3 Å². The summed E-state index contributed by atoms with van der Waals surface area (Å²) in [4.78, 5) is 0. The normalized spacial score (nSPS) is 25.7. The second kappa shape index (κ2) is 3.37. The fourth-order valence-corrected chi connectivity index (χ4v) is 3.52. The molecule has 2 aliphatic rings. The Labute approximate surface area is 92.7 Å². The molecule has 2 fully saturated rings. The minimum Gasteiger partial charge on any atom is -0.0622 e. The Morgan fingerprint density at radius 1 is 1.13 bits per heavy atom. The van der Waals surface area contributed by atoms with E-state index in [-0.39, 0.29) is 0 Å². The van der Waals surface area contributed by atoms with Crippen LogP contribution in [0.2, 0.25) is 0 Å². The first-order chi connectivity index (χ1) is 7.29. The first-order valence-electron chi connectivity index (χ1n) is 6.34. The molecular formula is C15H20. The summed E-state index contributed by atoms with van der Waals surface area (Å²) in [5, 5.41) is 0. The van der Waals surface area contributed by atoms with E-state index >= 15 is 0 Å². The number of rotatable bonds is 2. The minimum absolute atomic E-state index is 0.775. The molecule has 0 heteroatoms. The average Bonchev–Trinajstić information content (AvgIpc) is 2.14. The van der Waals surface area contributed by atoms with Crippen LogP contribution in [0.25, 0.3) is 0 Å². The molecule has 1 spiro atoms. The molecule has 0 bridgehead atoms. The van der Waals surface area contributed by atoms with Crippen molar-refractivity contribution in [3.8, 4) is 0 Å². The summed E-state index contributed by atoms with van der Waals surface area (Å²) in [6, 6.07) is 11.0. The molecule has 0 amide bonds. The van der Waals surface area contributed by atoms with Gasteiger partial charge in [0.15, 0.2) is 0 Å². The van der Waals surface area contributed by atoms with Crippen LogP contribution in [0.3, 0.4) is 0 Å². The fourth-order valence-electron chi connectivity index (χ4n) is 3.52. The molecule has 0 aromatic heterocycles. The van der Waals surface area contributed by atoms with E-state index in [0.29, 0.717) is 0 Å². The predicted octanol–water partition coefficient (Wildman–Crippen LogP) is 4.37. The van der Waals surface area contributed by atoms with Crippen LogP contribution in [0.5, 0.6) is 0 Å². The number of hydrogen-bond donors (Lipinski definition) is 0. The van der Waals surface area contributed by atoms with E-state index in [4.69, 9.17) is 0 Å². The molecule has 1 aromatic rings. The summed E-state index contributed by atoms with van der Waals surface area (Å²) < 4.78 is 0. The summed E-state index contributed by atoms with van der Waals surface area (Å²) in [6.45, 7) is 2.41. The number of hydrogen-bond acceptors (Lipinski definition) is 0. The van der Waals surface area contributed by atoms with Crippen molar-refractivity contribution in [3.05, 3.63) is 35.9 Å². The number of benzene rings is 1. The van der Waals surface area contributed by atoms with Crippen molar-refractivity contribution >= 4 is 0 Å². The largest absolute Gasteiger partial charge is 0.0622 e. The highest BCUT2D eigenvalue weighted by Gasteiger charge is 2.49. The van der Waals surface area contributed by atoms with Crippen LogP contribution >= 0.6 is 0 Å². The van der Waals surface area contributed by atoms with Gasteiger partial charge in [0.2, 0.25) is 0 Å². The van der Waals surface area contributed by atoms with Crippen LogP contribution in [0.1, 0.15) is 50.5 Å². The Kier molecular flexibility index (Phi) is 2.12. The molecule has 0 aliphatic heterocycles. The van der Waals surface area contributed by atoms with Crippen LogP contribution in [0.15, 0.2) is 30.3 Å². The van der Waals surface area contributed by atoms with E-state index in [1.807, 2.05) is 0 Å². The summed E-state index contributed by atoms with van der Waals surface area (Å²) in [5.74, 6) is 1.74. The molecule has 0 saturated heterocycles. The van der Waals surface area contributed by atoms with Crippen LogP contribution in [0, 0.1) is 11.3 Å². The Morgan fingerprint density at radius 2 is 1.80 bits per heavy atom. The maximum Gasteiger partial charge on any atom is -0.0162 e. The Balaban J connectivity index is 1.65. The van der Waals surface area contributed by atoms with Crippen molar-refractivity contribution < 1.29 is 0 Å². The van der Waals surface area contributed by atoms with Crippen LogP contribution in [0.4, 0.5) is 0 Å². The van der Waals surface area contributed by atoms with E-state index in [1.165, 1.54) is 37.7 Å². The lowest BCUT2D eigenvalue weighted by Crippen LogP contribution is -2.44. The lowest BCUT2D eigenvalue weighted by molar-refractivity contribution is -0.0337. The van der Waals surface area contributed by atoms with Crippen LogP contribution in [-0.2, 0) is 0 Å². The van der Waals surface area contributed by atoms with Gasteiger partial charge >= 0.3 is 0 Å². The highest BCUT2D eigenvalue weighted by atomic mass is 14.5. The van der Waals surface area contributed by atoms with Gasteiger partial charge < -0.3 is 0 Å². The SMILES string of the molecule is CC(c1ccccc1)C1CC2(CCC2)C1. The summed E-state index contributed by atoms with van der Waals surface area (Å²) >= 11 is 0. The quantitative estimate of drug-likeness (QED) is 0.665. The molecule has 80 valence electrons. The zero-order chi connectivity index (χ0) is 10.3. The van der Waals surface area contributed by atoms with Gasteiger partial charge in [-0.25, -0.2) is 0 Å². The highest BCUT2D eigenvalue weighted by molar-refractivity contribution is 5.21. The van der Waals surface area contributed by atoms with Gasteiger partial charge in [0.1, 0.15) is 0 Å². The third-order valence-electron chi connectivity index (χ3n) is 4.84. The summed E-state index contributed by atoms with van der Waals surface area (Å²) in [5.41, 5.74) is 2.37. The zero-order valence-corrected chi connectivity index (χ0v) is 9.58.